The molecule has 188 valence electrons. The molecule has 0 heterocycles. The quantitative estimate of drug-likeness (QED) is 0.170. The molecule has 0 bridgehead atoms. The number of unbranched alkanes of at least 4 members (excludes halogenated alkanes) is 7. The highest BCUT2D eigenvalue weighted by atomic mass is 32.2. The van der Waals surface area contributed by atoms with Gasteiger partial charge in [-0.25, -0.2) is 8.42 Å². The Morgan fingerprint density at radius 2 is 1.16 bits per heavy atom. The van der Waals surface area contributed by atoms with Gasteiger partial charge in [0.25, 0.3) is 0 Å². The Balaban J connectivity index is 0.000000726. The van der Waals surface area contributed by atoms with Crippen LogP contribution in [0.3, 0.4) is 0 Å². The van der Waals surface area contributed by atoms with E-state index in [-0.39, 0.29) is 4.90 Å². The molecule has 0 saturated heterocycles. The van der Waals surface area contributed by atoms with Crippen LogP contribution in [0.1, 0.15) is 97.0 Å². The lowest BCUT2D eigenvalue weighted by molar-refractivity contribution is -0.929. The van der Waals surface area contributed by atoms with E-state index in [1.165, 1.54) is 107 Å². The third-order valence-electron chi connectivity index (χ3n) is 6.06. The zero-order valence-corrected chi connectivity index (χ0v) is 22.0. The molecule has 0 aliphatic carbocycles. The summed E-state index contributed by atoms with van der Waals surface area (Å²) in [5, 5.41) is 9.26. The Hall–Kier alpha value is -0.950. The van der Waals surface area contributed by atoms with Crippen molar-refractivity contribution in [3.05, 3.63) is 29.8 Å². The predicted octanol–water partition coefficient (Wildman–Crippen LogP) is 6.05. The Kier molecular flexibility index (Phi) is 17.9. The van der Waals surface area contributed by atoms with Crippen LogP contribution >= 0.6 is 0 Å². The molecule has 32 heavy (non-hydrogen) atoms. The highest BCUT2D eigenvalue weighted by molar-refractivity contribution is 7.85. The number of benzene rings is 1. The van der Waals surface area contributed by atoms with Crippen molar-refractivity contribution in [2.24, 2.45) is 0 Å². The average Bonchev–Trinajstić information content (AvgIpc) is 2.76. The zero-order valence-electron chi connectivity index (χ0n) is 21.2. The summed E-state index contributed by atoms with van der Waals surface area (Å²) < 4.78 is 32.4. The van der Waals surface area contributed by atoms with Crippen LogP contribution in [0.5, 0.6) is 0 Å². The first-order valence-corrected chi connectivity index (χ1v) is 14.1. The molecular weight excluding hydrogens is 422 g/mol. The number of hydrogen-bond donors (Lipinski definition) is 1. The van der Waals surface area contributed by atoms with Crippen LogP contribution in [0.4, 0.5) is 0 Å². The van der Waals surface area contributed by atoms with E-state index >= 15 is 0 Å². The van der Waals surface area contributed by atoms with Gasteiger partial charge in [0.15, 0.2) is 0 Å². The number of aliphatic hydroxyl groups is 1. The second kappa shape index (κ2) is 18.5. The average molecular weight is 472 g/mol. The molecule has 6 heteroatoms. The highest BCUT2D eigenvalue weighted by Gasteiger charge is 2.25. The Labute approximate surface area is 198 Å². The molecule has 0 aromatic heterocycles. The highest BCUT2D eigenvalue weighted by Crippen LogP contribution is 2.17. The van der Waals surface area contributed by atoms with Gasteiger partial charge in [0.1, 0.15) is 10.1 Å². The van der Waals surface area contributed by atoms with Gasteiger partial charge in [-0.1, -0.05) is 70.6 Å². The molecule has 0 atom stereocenters. The molecule has 1 aromatic carbocycles. The van der Waals surface area contributed by atoms with Gasteiger partial charge in [-0.15, -0.1) is 0 Å². The van der Waals surface area contributed by atoms with Gasteiger partial charge in [0.05, 0.1) is 31.1 Å². The van der Waals surface area contributed by atoms with Crippen molar-refractivity contribution in [3.63, 3.8) is 0 Å². The minimum atomic E-state index is -4.27. The van der Waals surface area contributed by atoms with Crippen LogP contribution in [-0.4, -0.2) is 55.3 Å². The molecule has 0 saturated carbocycles. The van der Waals surface area contributed by atoms with Gasteiger partial charge < -0.3 is 14.1 Å². The van der Waals surface area contributed by atoms with Gasteiger partial charge in [0.2, 0.25) is 0 Å². The zero-order chi connectivity index (χ0) is 24.3. The maximum atomic E-state index is 10.4. The molecule has 0 spiro atoms. The molecule has 5 nitrogen and oxygen atoms in total. The fourth-order valence-electron chi connectivity index (χ4n) is 4.02. The number of quaternary nitrogens is 1. The first-order valence-electron chi connectivity index (χ1n) is 12.7. The van der Waals surface area contributed by atoms with E-state index in [4.69, 9.17) is 0 Å². The van der Waals surface area contributed by atoms with Crippen molar-refractivity contribution >= 4 is 10.1 Å². The predicted molar refractivity (Wildman–Crippen MR) is 134 cm³/mol. The van der Waals surface area contributed by atoms with E-state index in [0.717, 1.165) is 12.0 Å². The van der Waals surface area contributed by atoms with E-state index < -0.39 is 10.1 Å². The van der Waals surface area contributed by atoms with Crippen molar-refractivity contribution in [2.45, 2.75) is 103 Å². The van der Waals surface area contributed by atoms with Crippen molar-refractivity contribution in [1.29, 1.82) is 0 Å². The van der Waals surface area contributed by atoms with Crippen molar-refractivity contribution in [3.8, 4) is 0 Å². The van der Waals surface area contributed by atoms with Crippen molar-refractivity contribution in [2.75, 3.05) is 32.8 Å². The molecular formula is C26H49NO4S. The monoisotopic (exact) mass is 471 g/mol. The van der Waals surface area contributed by atoms with Crippen LogP contribution in [-0.2, 0) is 10.1 Å². The number of nitrogens with zero attached hydrogens (tertiary/aromatic N) is 1. The molecule has 0 unspecified atom stereocenters. The van der Waals surface area contributed by atoms with Gasteiger partial charge >= 0.3 is 0 Å². The van der Waals surface area contributed by atoms with Crippen LogP contribution in [0, 0.1) is 6.92 Å². The summed E-state index contributed by atoms with van der Waals surface area (Å²) in [4.78, 5) is -0.178. The lowest BCUT2D eigenvalue weighted by atomic mass is 10.1. The smallest absolute Gasteiger partial charge is 0.124 e. The number of aryl methyl sites for hydroxylation is 1. The summed E-state index contributed by atoms with van der Waals surface area (Å²) in [5.41, 5.74) is 0.928. The SMILES string of the molecule is CCCCCC[N+](CCCC)(CCCO)CCCCCC.Cc1ccc(S(=O)(=O)[O-])cc1. The van der Waals surface area contributed by atoms with Crippen LogP contribution < -0.4 is 0 Å². The summed E-state index contributed by atoms with van der Waals surface area (Å²) in [6.45, 7) is 14.2. The number of hydrogen-bond acceptors (Lipinski definition) is 4. The van der Waals surface area contributed by atoms with Crippen LogP contribution in [0.15, 0.2) is 29.2 Å². The minimum absolute atomic E-state index is 0.178. The maximum absolute atomic E-state index is 10.4. The molecule has 1 N–H and O–H groups in total. The van der Waals surface area contributed by atoms with Gasteiger partial charge in [0, 0.05) is 13.0 Å². The van der Waals surface area contributed by atoms with E-state index in [9.17, 15) is 18.1 Å². The van der Waals surface area contributed by atoms with E-state index in [2.05, 4.69) is 20.8 Å². The molecule has 0 aliphatic rings. The van der Waals surface area contributed by atoms with Crippen LogP contribution in [0.25, 0.3) is 0 Å². The van der Waals surface area contributed by atoms with Crippen molar-refractivity contribution < 1.29 is 22.6 Å². The van der Waals surface area contributed by atoms with Gasteiger partial charge in [-0.2, -0.15) is 0 Å². The standard InChI is InChI=1S/C19H42NO.C7H8O3S/c1-4-7-10-12-16-20(15-9-6-3,18-14-19-21)17-13-11-8-5-2;1-6-2-4-7(5-3-6)11(8,9)10/h21H,4-19H2,1-3H3;2-5H,1H3,(H,8,9,10)/q+1;/p-1. The van der Waals surface area contributed by atoms with E-state index in [1.807, 2.05) is 6.92 Å². The fraction of sp³-hybridized carbons (Fsp3) is 0.769. The topological polar surface area (TPSA) is 77.4 Å². The minimum Gasteiger partial charge on any atom is -0.744 e. The van der Waals surface area contributed by atoms with Gasteiger partial charge in [-0.3, -0.25) is 0 Å². The summed E-state index contributed by atoms with van der Waals surface area (Å²) in [7, 11) is -4.27. The summed E-state index contributed by atoms with van der Waals surface area (Å²) >= 11 is 0. The van der Waals surface area contributed by atoms with Crippen molar-refractivity contribution in [1.82, 2.24) is 0 Å². The van der Waals surface area contributed by atoms with Gasteiger partial charge in [-0.05, 0) is 51.2 Å². The first kappa shape index (κ1) is 31.0. The second-order valence-corrected chi connectivity index (χ2v) is 10.4. The maximum Gasteiger partial charge on any atom is 0.124 e. The largest absolute Gasteiger partial charge is 0.744 e. The first-order chi connectivity index (χ1) is 15.2. The summed E-state index contributed by atoms with van der Waals surface area (Å²) in [6, 6.07) is 5.78. The number of aliphatic hydroxyl groups excluding tert-OH is 1. The second-order valence-electron chi connectivity index (χ2n) is 9.06. The summed E-state index contributed by atoms with van der Waals surface area (Å²) in [6.07, 6.45) is 14.5. The third-order valence-corrected chi connectivity index (χ3v) is 6.91. The molecule has 1 rings (SSSR count). The molecule has 0 fully saturated rings. The Bertz CT molecular complexity index is 637. The normalized spacial score (nSPS) is 11.8. The molecule has 1 aromatic rings. The summed E-state index contributed by atoms with van der Waals surface area (Å²) in [5.74, 6) is 0. The van der Waals surface area contributed by atoms with E-state index in [0.29, 0.717) is 6.61 Å². The number of rotatable bonds is 17. The Morgan fingerprint density at radius 1 is 0.719 bits per heavy atom. The fourth-order valence-corrected chi connectivity index (χ4v) is 4.49. The lowest BCUT2D eigenvalue weighted by Crippen LogP contribution is -2.51. The van der Waals surface area contributed by atoms with Crippen LogP contribution in [0.2, 0.25) is 0 Å². The molecule has 0 amide bonds. The molecule has 0 radical (unpaired) electrons. The molecule has 0 aliphatic heterocycles. The Morgan fingerprint density at radius 3 is 1.56 bits per heavy atom. The van der Waals surface area contributed by atoms with E-state index in [1.54, 1.807) is 12.1 Å². The third kappa shape index (κ3) is 15.0. The lowest BCUT2D eigenvalue weighted by Gasteiger charge is -2.39.